The van der Waals surface area contributed by atoms with E-state index in [-0.39, 0.29) is 0 Å². The van der Waals surface area contributed by atoms with E-state index in [2.05, 4.69) is 55.1 Å². The SMILES string of the molecule is CN(C)c1ccc(C=NNc2ccc(I)cn2)cc1. The van der Waals surface area contributed by atoms with Crippen LogP contribution in [0.1, 0.15) is 5.56 Å². The predicted molar refractivity (Wildman–Crippen MR) is 88.9 cm³/mol. The van der Waals surface area contributed by atoms with E-state index in [0.29, 0.717) is 0 Å². The third-order valence-electron chi connectivity index (χ3n) is 2.53. The van der Waals surface area contributed by atoms with Gasteiger partial charge >= 0.3 is 0 Å². The van der Waals surface area contributed by atoms with Crippen LogP contribution in [-0.4, -0.2) is 25.3 Å². The summed E-state index contributed by atoms with van der Waals surface area (Å²) in [5.74, 6) is 0.738. The summed E-state index contributed by atoms with van der Waals surface area (Å²) < 4.78 is 1.10. The number of hydrogen-bond donors (Lipinski definition) is 1. The van der Waals surface area contributed by atoms with Crippen molar-refractivity contribution in [2.24, 2.45) is 5.10 Å². The second-order valence-corrected chi connectivity index (χ2v) is 5.46. The monoisotopic (exact) mass is 366 g/mol. The maximum atomic E-state index is 4.21. The molecule has 2 aromatic rings. The summed E-state index contributed by atoms with van der Waals surface area (Å²) in [6, 6.07) is 12.1. The molecule has 1 aromatic heterocycles. The lowest BCUT2D eigenvalue weighted by atomic mass is 10.2. The van der Waals surface area contributed by atoms with Crippen LogP contribution in [0.25, 0.3) is 0 Å². The first-order valence-electron chi connectivity index (χ1n) is 5.83. The molecule has 0 radical (unpaired) electrons. The average Bonchev–Trinajstić information content (AvgIpc) is 2.41. The van der Waals surface area contributed by atoms with Gasteiger partial charge in [0.2, 0.25) is 0 Å². The van der Waals surface area contributed by atoms with E-state index in [9.17, 15) is 0 Å². The smallest absolute Gasteiger partial charge is 0.146 e. The summed E-state index contributed by atoms with van der Waals surface area (Å²) in [6.07, 6.45) is 3.57. The van der Waals surface area contributed by atoms with E-state index in [1.165, 1.54) is 5.69 Å². The summed E-state index contributed by atoms with van der Waals surface area (Å²) in [5.41, 5.74) is 5.12. The number of nitrogens with zero attached hydrogens (tertiary/aromatic N) is 3. The van der Waals surface area contributed by atoms with Gasteiger partial charge in [0.05, 0.1) is 6.21 Å². The van der Waals surface area contributed by atoms with Crippen LogP contribution in [0.4, 0.5) is 11.5 Å². The number of hydrazone groups is 1. The predicted octanol–water partition coefficient (Wildman–Crippen LogP) is 3.20. The van der Waals surface area contributed by atoms with E-state index in [0.717, 1.165) is 15.0 Å². The summed E-state index contributed by atoms with van der Waals surface area (Å²) in [7, 11) is 4.04. The van der Waals surface area contributed by atoms with Gasteiger partial charge < -0.3 is 4.90 Å². The maximum absolute atomic E-state index is 4.21. The van der Waals surface area contributed by atoms with Gasteiger partial charge in [-0.2, -0.15) is 5.10 Å². The number of aromatic nitrogens is 1. The van der Waals surface area contributed by atoms with Crippen LogP contribution >= 0.6 is 22.6 Å². The minimum atomic E-state index is 0.738. The number of anilines is 2. The topological polar surface area (TPSA) is 40.5 Å². The zero-order valence-corrected chi connectivity index (χ0v) is 13.0. The molecule has 4 nitrogen and oxygen atoms in total. The molecule has 98 valence electrons. The molecule has 0 fully saturated rings. The molecule has 0 aliphatic carbocycles. The van der Waals surface area contributed by atoms with Crippen LogP contribution < -0.4 is 10.3 Å². The fourth-order valence-corrected chi connectivity index (χ4v) is 1.79. The molecular formula is C14H15IN4. The van der Waals surface area contributed by atoms with Crippen molar-refractivity contribution in [2.75, 3.05) is 24.4 Å². The highest BCUT2D eigenvalue weighted by Crippen LogP contribution is 2.11. The molecule has 0 aliphatic heterocycles. The minimum Gasteiger partial charge on any atom is -0.378 e. The van der Waals surface area contributed by atoms with Crippen LogP contribution in [0.5, 0.6) is 0 Å². The quantitative estimate of drug-likeness (QED) is 0.513. The van der Waals surface area contributed by atoms with Crippen molar-refractivity contribution in [2.45, 2.75) is 0 Å². The molecule has 1 heterocycles. The van der Waals surface area contributed by atoms with E-state index in [4.69, 9.17) is 0 Å². The van der Waals surface area contributed by atoms with E-state index in [1.54, 1.807) is 12.4 Å². The Kier molecular flexibility index (Phi) is 4.73. The van der Waals surface area contributed by atoms with Crippen molar-refractivity contribution in [3.63, 3.8) is 0 Å². The van der Waals surface area contributed by atoms with Crippen molar-refractivity contribution >= 4 is 40.3 Å². The molecule has 0 atom stereocenters. The maximum Gasteiger partial charge on any atom is 0.146 e. The van der Waals surface area contributed by atoms with Crippen molar-refractivity contribution in [3.8, 4) is 0 Å². The zero-order chi connectivity index (χ0) is 13.7. The summed E-state index contributed by atoms with van der Waals surface area (Å²) in [5, 5.41) is 4.16. The van der Waals surface area contributed by atoms with Gasteiger partial charge in [-0.25, -0.2) is 4.98 Å². The largest absolute Gasteiger partial charge is 0.378 e. The molecule has 1 aromatic carbocycles. The Morgan fingerprint density at radius 3 is 2.47 bits per heavy atom. The second-order valence-electron chi connectivity index (χ2n) is 4.22. The lowest BCUT2D eigenvalue weighted by Gasteiger charge is -2.11. The number of hydrogen-bond acceptors (Lipinski definition) is 4. The molecule has 0 aliphatic rings. The number of halogens is 1. The van der Waals surface area contributed by atoms with Crippen LogP contribution in [0.15, 0.2) is 47.7 Å². The Morgan fingerprint density at radius 1 is 1.16 bits per heavy atom. The van der Waals surface area contributed by atoms with Gasteiger partial charge in [-0.15, -0.1) is 0 Å². The standard InChI is InChI=1S/C14H15IN4/c1-19(2)13-6-3-11(4-7-13)9-17-18-14-8-5-12(15)10-16-14/h3-10H,1-2H3,(H,16,18). The zero-order valence-electron chi connectivity index (χ0n) is 10.8. The van der Waals surface area contributed by atoms with Crippen molar-refractivity contribution < 1.29 is 0 Å². The average molecular weight is 366 g/mol. The molecular weight excluding hydrogens is 351 g/mol. The van der Waals surface area contributed by atoms with Crippen molar-refractivity contribution in [1.82, 2.24) is 4.98 Å². The van der Waals surface area contributed by atoms with Crippen molar-refractivity contribution in [3.05, 3.63) is 51.7 Å². The van der Waals surface area contributed by atoms with Gasteiger partial charge in [-0.1, -0.05) is 12.1 Å². The third kappa shape index (κ3) is 4.20. The molecule has 0 amide bonds. The van der Waals surface area contributed by atoms with Gasteiger partial charge in [0, 0.05) is 29.5 Å². The van der Waals surface area contributed by atoms with Crippen LogP contribution in [-0.2, 0) is 0 Å². The van der Waals surface area contributed by atoms with Gasteiger partial charge in [0.15, 0.2) is 0 Å². The molecule has 19 heavy (non-hydrogen) atoms. The highest BCUT2D eigenvalue weighted by Gasteiger charge is 1.94. The molecule has 1 N–H and O–H groups in total. The summed E-state index contributed by atoms with van der Waals surface area (Å²) >= 11 is 2.22. The van der Waals surface area contributed by atoms with Gasteiger partial charge in [-0.3, -0.25) is 5.43 Å². The molecule has 5 heteroatoms. The molecule has 0 bridgehead atoms. The van der Waals surface area contributed by atoms with Gasteiger partial charge in [0.1, 0.15) is 5.82 Å². The van der Waals surface area contributed by atoms with Crippen LogP contribution in [0.3, 0.4) is 0 Å². The van der Waals surface area contributed by atoms with E-state index < -0.39 is 0 Å². The number of nitrogens with one attached hydrogen (secondary N) is 1. The first kappa shape index (κ1) is 13.8. The number of benzene rings is 1. The molecule has 0 unspecified atom stereocenters. The Hall–Kier alpha value is -1.63. The normalized spacial score (nSPS) is 10.7. The number of pyridine rings is 1. The van der Waals surface area contributed by atoms with Crippen molar-refractivity contribution in [1.29, 1.82) is 0 Å². The Labute approximate surface area is 126 Å². The third-order valence-corrected chi connectivity index (χ3v) is 3.17. The minimum absolute atomic E-state index is 0.738. The summed E-state index contributed by atoms with van der Waals surface area (Å²) in [4.78, 5) is 6.27. The van der Waals surface area contributed by atoms with Gasteiger partial charge in [-0.05, 0) is 52.4 Å². The van der Waals surface area contributed by atoms with E-state index >= 15 is 0 Å². The fraction of sp³-hybridized carbons (Fsp3) is 0.143. The molecule has 2 rings (SSSR count). The highest BCUT2D eigenvalue weighted by atomic mass is 127. The summed E-state index contributed by atoms with van der Waals surface area (Å²) in [6.45, 7) is 0. The lowest BCUT2D eigenvalue weighted by Crippen LogP contribution is -2.08. The Balaban J connectivity index is 1.97. The lowest BCUT2D eigenvalue weighted by molar-refractivity contribution is 1.13. The van der Waals surface area contributed by atoms with E-state index in [1.807, 2.05) is 38.4 Å². The van der Waals surface area contributed by atoms with Gasteiger partial charge in [0.25, 0.3) is 0 Å². The fourth-order valence-electron chi connectivity index (χ4n) is 1.47. The molecule has 0 saturated heterocycles. The van der Waals surface area contributed by atoms with Crippen LogP contribution in [0.2, 0.25) is 0 Å². The Bertz CT molecular complexity index is 547. The first-order valence-corrected chi connectivity index (χ1v) is 6.91. The number of rotatable bonds is 4. The van der Waals surface area contributed by atoms with Crippen LogP contribution in [0, 0.1) is 3.57 Å². The molecule has 0 spiro atoms. The first-order chi connectivity index (χ1) is 9.15. The molecule has 0 saturated carbocycles. The Morgan fingerprint density at radius 2 is 1.89 bits per heavy atom. The highest BCUT2D eigenvalue weighted by molar-refractivity contribution is 14.1. The second kappa shape index (κ2) is 6.51.